The Hall–Kier alpha value is -3.33. The molecule has 2 aromatic heterocycles. The van der Waals surface area contributed by atoms with Crippen LogP contribution in [-0.2, 0) is 6.54 Å². The molecule has 3 aromatic rings. The minimum Gasteiger partial charge on any atom is -0.493 e. The molecule has 0 atom stereocenters. The fraction of sp³-hybridized carbons (Fsp3) is 0.417. The van der Waals surface area contributed by atoms with Crippen molar-refractivity contribution in [2.45, 2.75) is 38.1 Å². The van der Waals surface area contributed by atoms with Gasteiger partial charge in [0.2, 0.25) is 0 Å². The molecule has 1 saturated heterocycles. The van der Waals surface area contributed by atoms with Crippen LogP contribution in [0, 0.1) is 5.82 Å². The third-order valence-corrected chi connectivity index (χ3v) is 6.39. The Morgan fingerprint density at radius 2 is 2.00 bits per heavy atom. The van der Waals surface area contributed by atoms with Gasteiger partial charge in [0.25, 0.3) is 5.91 Å². The van der Waals surface area contributed by atoms with Crippen LogP contribution in [0.1, 0.15) is 47.5 Å². The number of hydrogen-bond acceptors (Lipinski definition) is 6. The van der Waals surface area contributed by atoms with Crippen molar-refractivity contribution in [3.63, 3.8) is 0 Å². The van der Waals surface area contributed by atoms with Gasteiger partial charge >= 0.3 is 0 Å². The second-order valence-electron chi connectivity index (χ2n) is 8.71. The van der Waals surface area contributed by atoms with Crippen LogP contribution in [0.2, 0.25) is 0 Å². The summed E-state index contributed by atoms with van der Waals surface area (Å²) in [6.45, 7) is 3.01. The van der Waals surface area contributed by atoms with Crippen molar-refractivity contribution in [2.24, 2.45) is 0 Å². The third-order valence-electron chi connectivity index (χ3n) is 6.39. The van der Waals surface area contributed by atoms with E-state index in [1.807, 2.05) is 10.6 Å². The van der Waals surface area contributed by atoms with E-state index in [0.29, 0.717) is 35.3 Å². The molecular weight excluding hydrogens is 423 g/mol. The largest absolute Gasteiger partial charge is 0.493 e. The summed E-state index contributed by atoms with van der Waals surface area (Å²) in [7, 11) is 2.08. The molecule has 33 heavy (non-hydrogen) atoms. The van der Waals surface area contributed by atoms with E-state index in [1.165, 1.54) is 6.07 Å². The van der Waals surface area contributed by atoms with Gasteiger partial charge in [0, 0.05) is 6.54 Å². The van der Waals surface area contributed by atoms with Gasteiger partial charge in [-0.2, -0.15) is 0 Å². The lowest BCUT2D eigenvalue weighted by Crippen LogP contribution is -2.29. The van der Waals surface area contributed by atoms with Crippen molar-refractivity contribution in [1.82, 2.24) is 24.6 Å². The third kappa shape index (κ3) is 4.59. The first-order chi connectivity index (χ1) is 16.1. The molecule has 0 radical (unpaired) electrons. The highest BCUT2D eigenvalue weighted by Crippen LogP contribution is 2.34. The Kier molecular flexibility index (Phi) is 6.04. The number of carbonyl (C=O) groups excluding carboxylic acids is 1. The summed E-state index contributed by atoms with van der Waals surface area (Å²) in [5.74, 6) is 0.714. The number of aromatic nitrogens is 4. The maximum atomic E-state index is 15.2. The molecule has 2 aliphatic heterocycles. The lowest BCUT2D eigenvalue weighted by molar-refractivity contribution is 0.102. The van der Waals surface area contributed by atoms with E-state index in [1.54, 1.807) is 24.5 Å². The van der Waals surface area contributed by atoms with E-state index in [9.17, 15) is 4.79 Å². The molecule has 4 heterocycles. The predicted molar refractivity (Wildman–Crippen MR) is 122 cm³/mol. The lowest BCUT2D eigenvalue weighted by Gasteiger charge is -2.29. The molecule has 8 nitrogen and oxygen atoms in total. The number of nitrogens with zero attached hydrogens (tertiary/aromatic N) is 5. The number of amides is 1. The van der Waals surface area contributed by atoms with Crippen molar-refractivity contribution >= 4 is 11.7 Å². The molecule has 2 bridgehead atoms. The second-order valence-corrected chi connectivity index (χ2v) is 8.71. The monoisotopic (exact) mass is 450 g/mol. The van der Waals surface area contributed by atoms with Crippen LogP contribution in [0.4, 0.5) is 10.2 Å². The van der Waals surface area contributed by atoms with E-state index in [2.05, 4.69) is 32.4 Å². The molecule has 0 unspecified atom stereocenters. The number of anilines is 1. The standard InChI is InChI=1S/C24H27FN6O2/c1-30-10-7-16(8-11-30)17-14-21-18(13-19(17)25)24(32)28-22-6-4-5-20(27-22)23-29-26-15-31(23)9-2-3-12-33-21/h4-6,13-16H,2-3,7-12H2,1H3,(H,27,28,32). The number of nitrogens with one attached hydrogen (secondary N) is 1. The number of hydrogen-bond donors (Lipinski definition) is 1. The average molecular weight is 451 g/mol. The molecule has 2 aliphatic rings. The Morgan fingerprint density at radius 1 is 1.15 bits per heavy atom. The number of halogens is 1. The second kappa shape index (κ2) is 9.27. The van der Waals surface area contributed by atoms with Gasteiger partial charge in [-0.15, -0.1) is 10.2 Å². The Balaban J connectivity index is 1.49. The molecule has 0 saturated carbocycles. The van der Waals surface area contributed by atoms with Gasteiger partial charge in [0.1, 0.15) is 29.4 Å². The van der Waals surface area contributed by atoms with Gasteiger partial charge in [-0.05, 0) is 81.6 Å². The normalized spacial score (nSPS) is 17.9. The highest BCUT2D eigenvalue weighted by atomic mass is 19.1. The topological polar surface area (TPSA) is 85.2 Å². The molecule has 0 spiro atoms. The van der Waals surface area contributed by atoms with Crippen LogP contribution in [0.3, 0.4) is 0 Å². The molecule has 172 valence electrons. The molecule has 0 aliphatic carbocycles. The van der Waals surface area contributed by atoms with E-state index in [4.69, 9.17) is 4.74 Å². The molecule has 9 heteroatoms. The Bertz CT molecular complexity index is 1160. The molecule has 1 N–H and O–H groups in total. The van der Waals surface area contributed by atoms with Gasteiger partial charge in [0.15, 0.2) is 5.82 Å². The van der Waals surface area contributed by atoms with E-state index < -0.39 is 5.91 Å². The lowest BCUT2D eigenvalue weighted by atomic mass is 9.88. The number of benzene rings is 1. The number of fused-ring (bicyclic) bond motifs is 5. The number of carbonyl (C=O) groups is 1. The minimum absolute atomic E-state index is 0.122. The Labute approximate surface area is 191 Å². The molecule has 5 rings (SSSR count). The van der Waals surface area contributed by atoms with Crippen LogP contribution in [0.5, 0.6) is 5.75 Å². The SMILES string of the molecule is CN1CCC(c2cc3c(cc2F)C(=O)Nc2cccc(n2)-c2nncn2CCCCO3)CC1. The first kappa shape index (κ1) is 21.5. The van der Waals surface area contributed by atoms with Gasteiger partial charge < -0.3 is 19.5 Å². The first-order valence-corrected chi connectivity index (χ1v) is 11.4. The predicted octanol–water partition coefficient (Wildman–Crippen LogP) is 3.71. The summed E-state index contributed by atoms with van der Waals surface area (Å²) in [5.41, 5.74) is 1.42. The summed E-state index contributed by atoms with van der Waals surface area (Å²) in [6, 6.07) is 8.35. The number of likely N-dealkylation sites (tertiary alicyclic amines) is 1. The molecule has 1 fully saturated rings. The van der Waals surface area contributed by atoms with Crippen molar-refractivity contribution < 1.29 is 13.9 Å². The maximum Gasteiger partial charge on any atom is 0.260 e. The highest BCUT2D eigenvalue weighted by molar-refractivity contribution is 6.06. The number of piperidine rings is 1. The van der Waals surface area contributed by atoms with Crippen LogP contribution < -0.4 is 10.1 Å². The van der Waals surface area contributed by atoms with Crippen molar-refractivity contribution in [3.8, 4) is 17.3 Å². The van der Waals surface area contributed by atoms with E-state index in [0.717, 1.165) is 45.3 Å². The first-order valence-electron chi connectivity index (χ1n) is 11.4. The van der Waals surface area contributed by atoms with Gasteiger partial charge in [-0.3, -0.25) is 4.79 Å². The van der Waals surface area contributed by atoms with Crippen molar-refractivity contribution in [3.05, 3.63) is 53.6 Å². The zero-order valence-corrected chi connectivity index (χ0v) is 18.6. The van der Waals surface area contributed by atoms with Crippen LogP contribution in [0.15, 0.2) is 36.7 Å². The van der Waals surface area contributed by atoms with Crippen LogP contribution in [0.25, 0.3) is 11.5 Å². The molecule has 1 amide bonds. The smallest absolute Gasteiger partial charge is 0.260 e. The van der Waals surface area contributed by atoms with Crippen molar-refractivity contribution in [2.75, 3.05) is 32.1 Å². The number of pyridine rings is 1. The van der Waals surface area contributed by atoms with E-state index in [-0.39, 0.29) is 17.3 Å². The molecular formula is C24H27FN6O2. The number of rotatable bonds is 1. The summed E-state index contributed by atoms with van der Waals surface area (Å²) in [4.78, 5) is 19.9. The van der Waals surface area contributed by atoms with Crippen molar-refractivity contribution in [1.29, 1.82) is 0 Å². The summed E-state index contributed by atoms with van der Waals surface area (Å²) in [6.07, 6.45) is 5.07. The Morgan fingerprint density at radius 3 is 2.85 bits per heavy atom. The number of ether oxygens (including phenoxy) is 1. The van der Waals surface area contributed by atoms with Crippen LogP contribution >= 0.6 is 0 Å². The zero-order chi connectivity index (χ0) is 22.8. The van der Waals surface area contributed by atoms with Gasteiger partial charge in [0.05, 0.1) is 12.2 Å². The number of aryl methyl sites for hydroxylation is 1. The fourth-order valence-corrected chi connectivity index (χ4v) is 4.49. The minimum atomic E-state index is -0.456. The summed E-state index contributed by atoms with van der Waals surface area (Å²) >= 11 is 0. The average Bonchev–Trinajstić information content (AvgIpc) is 3.28. The zero-order valence-electron chi connectivity index (χ0n) is 18.6. The van der Waals surface area contributed by atoms with Crippen LogP contribution in [-0.4, -0.2) is 57.3 Å². The summed E-state index contributed by atoms with van der Waals surface area (Å²) in [5, 5.41) is 11.0. The fourth-order valence-electron chi connectivity index (χ4n) is 4.49. The highest BCUT2D eigenvalue weighted by Gasteiger charge is 2.25. The van der Waals surface area contributed by atoms with Gasteiger partial charge in [-0.25, -0.2) is 9.37 Å². The summed E-state index contributed by atoms with van der Waals surface area (Å²) < 4.78 is 23.2. The maximum absolute atomic E-state index is 15.2. The van der Waals surface area contributed by atoms with Gasteiger partial charge in [-0.1, -0.05) is 6.07 Å². The van der Waals surface area contributed by atoms with E-state index >= 15 is 4.39 Å². The quantitative estimate of drug-likeness (QED) is 0.608. The molecule has 1 aromatic carbocycles.